The van der Waals surface area contributed by atoms with Crippen molar-refractivity contribution in [3.8, 4) is 0 Å². The van der Waals surface area contributed by atoms with Gasteiger partial charge in [-0.3, -0.25) is 4.79 Å². The van der Waals surface area contributed by atoms with E-state index in [1.807, 2.05) is 6.92 Å². The van der Waals surface area contributed by atoms with Gasteiger partial charge in [-0.25, -0.2) is 0 Å². The van der Waals surface area contributed by atoms with Crippen LogP contribution in [-0.4, -0.2) is 5.78 Å². The summed E-state index contributed by atoms with van der Waals surface area (Å²) in [6.07, 6.45) is 6.26. The third kappa shape index (κ3) is 6.80. The molecular weight excluding hydrogens is 160 g/mol. The summed E-state index contributed by atoms with van der Waals surface area (Å²) in [6, 6.07) is 0. The second-order valence-electron chi connectivity index (χ2n) is 4.62. The molecule has 0 aromatic carbocycles. The molecule has 0 aliphatic rings. The summed E-state index contributed by atoms with van der Waals surface area (Å²) in [4.78, 5) is 11.0. The van der Waals surface area contributed by atoms with E-state index in [0.29, 0.717) is 17.6 Å². The van der Waals surface area contributed by atoms with Crippen LogP contribution in [0.25, 0.3) is 0 Å². The molecule has 0 bridgehead atoms. The molecule has 78 valence electrons. The summed E-state index contributed by atoms with van der Waals surface area (Å²) in [6.45, 7) is 8.78. The molecule has 0 radical (unpaired) electrons. The number of rotatable bonds is 7. The molecule has 0 rings (SSSR count). The van der Waals surface area contributed by atoms with E-state index in [2.05, 4.69) is 20.8 Å². The van der Waals surface area contributed by atoms with Crippen molar-refractivity contribution >= 4 is 5.78 Å². The van der Waals surface area contributed by atoms with E-state index in [1.54, 1.807) is 0 Å². The third-order valence-electron chi connectivity index (χ3n) is 2.91. The number of ketones is 1. The highest BCUT2D eigenvalue weighted by molar-refractivity contribution is 5.77. The van der Waals surface area contributed by atoms with Crippen molar-refractivity contribution < 1.29 is 4.79 Å². The SMILES string of the molecule is CCC(=O)CCCCC(C)(C)CC. The highest BCUT2D eigenvalue weighted by atomic mass is 16.1. The molecule has 0 spiro atoms. The van der Waals surface area contributed by atoms with Crippen molar-refractivity contribution in [2.75, 3.05) is 0 Å². The first-order valence-corrected chi connectivity index (χ1v) is 5.53. The van der Waals surface area contributed by atoms with E-state index in [0.717, 1.165) is 12.8 Å². The van der Waals surface area contributed by atoms with Crippen molar-refractivity contribution in [3.05, 3.63) is 0 Å². The lowest BCUT2D eigenvalue weighted by atomic mass is 9.84. The van der Waals surface area contributed by atoms with Crippen molar-refractivity contribution in [3.63, 3.8) is 0 Å². The summed E-state index contributed by atoms with van der Waals surface area (Å²) in [5.74, 6) is 0.411. The van der Waals surface area contributed by atoms with E-state index < -0.39 is 0 Å². The molecule has 0 amide bonds. The molecule has 0 aliphatic carbocycles. The summed E-state index contributed by atoms with van der Waals surface area (Å²) < 4.78 is 0. The quantitative estimate of drug-likeness (QED) is 0.547. The second kappa shape index (κ2) is 6.17. The number of hydrogen-bond acceptors (Lipinski definition) is 1. The zero-order valence-electron chi connectivity index (χ0n) is 9.65. The summed E-state index contributed by atoms with van der Waals surface area (Å²) in [5.41, 5.74) is 0.468. The maximum absolute atomic E-state index is 11.0. The van der Waals surface area contributed by atoms with Crippen LogP contribution < -0.4 is 0 Å². The molecule has 13 heavy (non-hydrogen) atoms. The van der Waals surface area contributed by atoms with Crippen LogP contribution in [0.5, 0.6) is 0 Å². The minimum atomic E-state index is 0.411. The molecular formula is C12H24O. The highest BCUT2D eigenvalue weighted by Crippen LogP contribution is 2.26. The Hall–Kier alpha value is -0.330. The zero-order valence-corrected chi connectivity index (χ0v) is 9.65. The molecule has 0 atom stereocenters. The Morgan fingerprint density at radius 2 is 1.77 bits per heavy atom. The van der Waals surface area contributed by atoms with E-state index in [-0.39, 0.29) is 0 Å². The predicted octanol–water partition coefficient (Wildman–Crippen LogP) is 3.96. The number of carbonyl (C=O) groups is 1. The molecule has 1 heteroatoms. The van der Waals surface area contributed by atoms with Gasteiger partial charge in [-0.1, -0.05) is 40.5 Å². The topological polar surface area (TPSA) is 17.1 Å². The first-order valence-electron chi connectivity index (χ1n) is 5.53. The normalized spacial score (nSPS) is 11.7. The van der Waals surface area contributed by atoms with Crippen LogP contribution in [0.1, 0.15) is 66.2 Å². The molecule has 0 aliphatic heterocycles. The van der Waals surface area contributed by atoms with Gasteiger partial charge in [0, 0.05) is 12.8 Å². The molecule has 0 aromatic heterocycles. The van der Waals surface area contributed by atoms with Crippen LogP contribution in [-0.2, 0) is 4.79 Å². The van der Waals surface area contributed by atoms with Crippen molar-refractivity contribution in [1.29, 1.82) is 0 Å². The maximum atomic E-state index is 11.0. The number of Topliss-reactive ketones (excluding diaryl/α,β-unsaturated/α-hetero) is 1. The van der Waals surface area contributed by atoms with Gasteiger partial charge >= 0.3 is 0 Å². The lowest BCUT2D eigenvalue weighted by Crippen LogP contribution is -2.09. The van der Waals surface area contributed by atoms with Crippen LogP contribution in [0.4, 0.5) is 0 Å². The van der Waals surface area contributed by atoms with Crippen molar-refractivity contribution in [2.45, 2.75) is 66.2 Å². The van der Waals surface area contributed by atoms with Gasteiger partial charge in [-0.15, -0.1) is 0 Å². The molecule has 0 heterocycles. The molecule has 0 N–H and O–H groups in total. The Kier molecular flexibility index (Phi) is 6.02. The average Bonchev–Trinajstić information content (AvgIpc) is 2.12. The smallest absolute Gasteiger partial charge is 0.132 e. The van der Waals surface area contributed by atoms with Gasteiger partial charge < -0.3 is 0 Å². The molecule has 0 saturated carbocycles. The maximum Gasteiger partial charge on any atom is 0.132 e. The Balaban J connectivity index is 3.41. The molecule has 1 nitrogen and oxygen atoms in total. The Labute approximate surface area is 82.9 Å². The van der Waals surface area contributed by atoms with Gasteiger partial charge in [0.15, 0.2) is 0 Å². The fourth-order valence-corrected chi connectivity index (χ4v) is 1.28. The number of carbonyl (C=O) groups excluding carboxylic acids is 1. The predicted molar refractivity (Wildman–Crippen MR) is 57.8 cm³/mol. The van der Waals surface area contributed by atoms with Crippen molar-refractivity contribution in [2.24, 2.45) is 5.41 Å². The largest absolute Gasteiger partial charge is 0.300 e. The molecule has 0 saturated heterocycles. The van der Waals surface area contributed by atoms with E-state index in [1.165, 1.54) is 19.3 Å². The van der Waals surface area contributed by atoms with Crippen LogP contribution >= 0.6 is 0 Å². The zero-order chi connectivity index (χ0) is 10.3. The van der Waals surface area contributed by atoms with E-state index in [4.69, 9.17) is 0 Å². The highest BCUT2D eigenvalue weighted by Gasteiger charge is 2.13. The summed E-state index contributed by atoms with van der Waals surface area (Å²) in [7, 11) is 0. The summed E-state index contributed by atoms with van der Waals surface area (Å²) in [5, 5.41) is 0. The lowest BCUT2D eigenvalue weighted by molar-refractivity contribution is -0.118. The first-order chi connectivity index (χ1) is 6.02. The molecule has 0 aromatic rings. The third-order valence-corrected chi connectivity index (χ3v) is 2.91. The van der Waals surface area contributed by atoms with Gasteiger partial charge in [-0.2, -0.15) is 0 Å². The monoisotopic (exact) mass is 184 g/mol. The average molecular weight is 184 g/mol. The molecule has 0 fully saturated rings. The van der Waals surface area contributed by atoms with Gasteiger partial charge in [0.25, 0.3) is 0 Å². The van der Waals surface area contributed by atoms with Crippen LogP contribution in [0.15, 0.2) is 0 Å². The fraction of sp³-hybridized carbons (Fsp3) is 0.917. The van der Waals surface area contributed by atoms with Gasteiger partial charge in [0.05, 0.1) is 0 Å². The Morgan fingerprint density at radius 1 is 1.15 bits per heavy atom. The fourth-order valence-electron chi connectivity index (χ4n) is 1.28. The van der Waals surface area contributed by atoms with Crippen LogP contribution in [0.2, 0.25) is 0 Å². The van der Waals surface area contributed by atoms with Gasteiger partial charge in [-0.05, 0) is 18.3 Å². The number of hydrogen-bond donors (Lipinski definition) is 0. The number of unbranched alkanes of at least 4 members (excludes halogenated alkanes) is 1. The van der Waals surface area contributed by atoms with E-state index >= 15 is 0 Å². The Bertz CT molecular complexity index is 147. The lowest BCUT2D eigenvalue weighted by Gasteiger charge is -2.21. The summed E-state index contributed by atoms with van der Waals surface area (Å²) >= 11 is 0. The van der Waals surface area contributed by atoms with Gasteiger partial charge in [0.1, 0.15) is 5.78 Å². The standard InChI is InChI=1S/C12H24O/c1-5-11(13)9-7-8-10-12(3,4)6-2/h5-10H2,1-4H3. The van der Waals surface area contributed by atoms with E-state index in [9.17, 15) is 4.79 Å². The minimum absolute atomic E-state index is 0.411. The van der Waals surface area contributed by atoms with Crippen LogP contribution in [0, 0.1) is 5.41 Å². The minimum Gasteiger partial charge on any atom is -0.300 e. The Morgan fingerprint density at radius 3 is 2.23 bits per heavy atom. The van der Waals surface area contributed by atoms with Crippen molar-refractivity contribution in [1.82, 2.24) is 0 Å². The van der Waals surface area contributed by atoms with Crippen LogP contribution in [0.3, 0.4) is 0 Å². The van der Waals surface area contributed by atoms with Gasteiger partial charge in [0.2, 0.25) is 0 Å². The first kappa shape index (κ1) is 12.7. The molecule has 0 unspecified atom stereocenters. The second-order valence-corrected chi connectivity index (χ2v) is 4.62.